The highest BCUT2D eigenvalue weighted by atomic mass is 19.2. The molecule has 1 aliphatic carbocycles. The number of halogens is 2. The third-order valence-corrected chi connectivity index (χ3v) is 5.20. The molecule has 2 aromatic heterocycles. The maximum atomic E-state index is 14.6. The number of rotatable bonds is 5. The van der Waals surface area contributed by atoms with E-state index < -0.39 is 17.7 Å². The first kappa shape index (κ1) is 20.8. The van der Waals surface area contributed by atoms with Crippen molar-refractivity contribution in [2.75, 3.05) is 5.32 Å². The summed E-state index contributed by atoms with van der Waals surface area (Å²) in [6, 6.07) is 5.22. The van der Waals surface area contributed by atoms with E-state index in [-0.39, 0.29) is 17.5 Å². The van der Waals surface area contributed by atoms with Crippen LogP contribution >= 0.6 is 0 Å². The molecule has 2 amide bonds. The van der Waals surface area contributed by atoms with Crippen LogP contribution in [0.25, 0.3) is 11.3 Å². The van der Waals surface area contributed by atoms with Crippen LogP contribution in [0.3, 0.4) is 0 Å². The Balaban J connectivity index is 1.45. The lowest BCUT2D eigenvalue weighted by atomic mass is 9.96. The zero-order valence-electron chi connectivity index (χ0n) is 17.1. The van der Waals surface area contributed by atoms with Gasteiger partial charge in [0.1, 0.15) is 5.75 Å². The number of pyridine rings is 1. The lowest BCUT2D eigenvalue weighted by Crippen LogP contribution is -2.39. The number of aromatic nitrogens is 3. The zero-order chi connectivity index (χ0) is 21.8. The van der Waals surface area contributed by atoms with E-state index in [4.69, 9.17) is 4.74 Å². The molecule has 31 heavy (non-hydrogen) atoms. The molecule has 162 valence electrons. The van der Waals surface area contributed by atoms with Gasteiger partial charge < -0.3 is 15.4 Å². The smallest absolute Gasteiger partial charge is 0.319 e. The number of anilines is 1. The SMILES string of the molecule is Cn1cc(-c2cc(Oc3ccc(NC(=O)NC4CCCCC4)c(F)c3F)ccn2)cn1. The van der Waals surface area contributed by atoms with Gasteiger partial charge in [0.2, 0.25) is 5.82 Å². The number of amides is 2. The number of nitrogens with one attached hydrogen (secondary N) is 2. The summed E-state index contributed by atoms with van der Waals surface area (Å²) in [4.78, 5) is 16.4. The van der Waals surface area contributed by atoms with Crippen LogP contribution in [0.4, 0.5) is 19.3 Å². The van der Waals surface area contributed by atoms with Gasteiger partial charge in [-0.05, 0) is 31.0 Å². The molecule has 1 fully saturated rings. The van der Waals surface area contributed by atoms with Gasteiger partial charge in [-0.2, -0.15) is 9.49 Å². The molecule has 4 rings (SSSR count). The second-order valence-electron chi connectivity index (χ2n) is 7.55. The van der Waals surface area contributed by atoms with E-state index in [1.807, 2.05) is 0 Å². The minimum absolute atomic E-state index is 0.0602. The molecule has 2 heterocycles. The highest BCUT2D eigenvalue weighted by molar-refractivity contribution is 5.89. The van der Waals surface area contributed by atoms with Crippen molar-refractivity contribution < 1.29 is 18.3 Å². The quantitative estimate of drug-likeness (QED) is 0.600. The number of benzene rings is 1. The number of hydrogen-bond acceptors (Lipinski definition) is 4. The zero-order valence-corrected chi connectivity index (χ0v) is 17.1. The molecule has 0 saturated heterocycles. The molecule has 7 nitrogen and oxygen atoms in total. The van der Waals surface area contributed by atoms with E-state index >= 15 is 0 Å². The van der Waals surface area contributed by atoms with Crippen LogP contribution in [-0.4, -0.2) is 26.8 Å². The summed E-state index contributed by atoms with van der Waals surface area (Å²) in [5, 5.41) is 9.28. The molecule has 0 atom stereocenters. The van der Waals surface area contributed by atoms with Gasteiger partial charge in [0.25, 0.3) is 0 Å². The maximum absolute atomic E-state index is 14.6. The molecule has 1 aromatic carbocycles. The van der Waals surface area contributed by atoms with Crippen molar-refractivity contribution in [1.29, 1.82) is 0 Å². The van der Waals surface area contributed by atoms with Crippen molar-refractivity contribution in [3.8, 4) is 22.8 Å². The van der Waals surface area contributed by atoms with Crippen LogP contribution in [0.2, 0.25) is 0 Å². The van der Waals surface area contributed by atoms with Crippen molar-refractivity contribution in [2.24, 2.45) is 7.05 Å². The Bertz CT molecular complexity index is 1080. The summed E-state index contributed by atoms with van der Waals surface area (Å²) >= 11 is 0. The Hall–Kier alpha value is -3.49. The van der Waals surface area contributed by atoms with Gasteiger partial charge in [0.15, 0.2) is 11.6 Å². The van der Waals surface area contributed by atoms with Gasteiger partial charge >= 0.3 is 6.03 Å². The molecule has 0 bridgehead atoms. The first-order chi connectivity index (χ1) is 15.0. The predicted molar refractivity (Wildman–Crippen MR) is 112 cm³/mol. The summed E-state index contributed by atoms with van der Waals surface area (Å²) in [5.41, 5.74) is 1.11. The third kappa shape index (κ3) is 4.99. The number of carbonyl (C=O) groups excluding carboxylic acids is 1. The van der Waals surface area contributed by atoms with Crippen LogP contribution in [0.5, 0.6) is 11.5 Å². The Morgan fingerprint density at radius 1 is 1.16 bits per heavy atom. The summed E-state index contributed by atoms with van der Waals surface area (Å²) in [7, 11) is 1.78. The number of aryl methyl sites for hydroxylation is 1. The van der Waals surface area contributed by atoms with E-state index in [9.17, 15) is 13.6 Å². The minimum Gasteiger partial charge on any atom is -0.454 e. The van der Waals surface area contributed by atoms with Crippen molar-refractivity contribution in [3.63, 3.8) is 0 Å². The van der Waals surface area contributed by atoms with Crippen LogP contribution in [-0.2, 0) is 7.05 Å². The standard InChI is InChI=1S/C22H23F2N5O2/c1-29-13-14(12-26-29)18-11-16(9-10-25-18)31-19-8-7-17(20(23)21(19)24)28-22(30)27-15-5-3-2-4-6-15/h7-13,15H,2-6H2,1H3,(H2,27,28,30). The average Bonchev–Trinajstić information content (AvgIpc) is 3.21. The predicted octanol–water partition coefficient (Wildman–Crippen LogP) is 5.01. The average molecular weight is 427 g/mol. The van der Waals surface area contributed by atoms with Gasteiger partial charge in [-0.3, -0.25) is 9.67 Å². The normalized spacial score (nSPS) is 14.3. The molecule has 3 aromatic rings. The summed E-state index contributed by atoms with van der Waals surface area (Å²) in [5.74, 6) is -2.37. The Labute approximate surface area is 178 Å². The van der Waals surface area contributed by atoms with E-state index in [2.05, 4.69) is 20.7 Å². The molecule has 0 aliphatic heterocycles. The van der Waals surface area contributed by atoms with Gasteiger partial charge in [0, 0.05) is 37.1 Å². The fraction of sp³-hybridized carbons (Fsp3) is 0.318. The first-order valence-corrected chi connectivity index (χ1v) is 10.2. The molecular formula is C22H23F2N5O2. The lowest BCUT2D eigenvalue weighted by Gasteiger charge is -2.23. The van der Waals surface area contributed by atoms with E-state index in [0.29, 0.717) is 11.4 Å². The third-order valence-electron chi connectivity index (χ3n) is 5.20. The minimum atomic E-state index is -1.18. The van der Waals surface area contributed by atoms with Crippen LogP contribution < -0.4 is 15.4 Å². The number of ether oxygens (including phenoxy) is 1. The fourth-order valence-electron chi connectivity index (χ4n) is 3.61. The first-order valence-electron chi connectivity index (χ1n) is 10.2. The van der Waals surface area contributed by atoms with Gasteiger partial charge in [-0.25, -0.2) is 9.18 Å². The highest BCUT2D eigenvalue weighted by Crippen LogP contribution is 2.31. The van der Waals surface area contributed by atoms with Gasteiger partial charge in [-0.1, -0.05) is 19.3 Å². The van der Waals surface area contributed by atoms with E-state index in [1.165, 1.54) is 18.3 Å². The molecule has 0 spiro atoms. The van der Waals surface area contributed by atoms with E-state index in [1.54, 1.807) is 36.3 Å². The molecule has 9 heteroatoms. The molecule has 0 unspecified atom stereocenters. The largest absolute Gasteiger partial charge is 0.454 e. The lowest BCUT2D eigenvalue weighted by molar-refractivity contribution is 0.244. The van der Waals surface area contributed by atoms with Crippen molar-refractivity contribution >= 4 is 11.7 Å². The molecule has 2 N–H and O–H groups in total. The number of urea groups is 1. The molecule has 1 saturated carbocycles. The summed E-state index contributed by atoms with van der Waals surface area (Å²) in [6.45, 7) is 0. The second kappa shape index (κ2) is 9.11. The number of nitrogens with zero attached hydrogens (tertiary/aromatic N) is 3. The van der Waals surface area contributed by atoms with Gasteiger partial charge in [0.05, 0.1) is 17.6 Å². The maximum Gasteiger partial charge on any atom is 0.319 e. The van der Waals surface area contributed by atoms with Crippen LogP contribution in [0.15, 0.2) is 42.9 Å². The fourth-order valence-corrected chi connectivity index (χ4v) is 3.61. The summed E-state index contributed by atoms with van der Waals surface area (Å²) in [6.07, 6.45) is 9.99. The molecule has 1 aliphatic rings. The Kier molecular flexibility index (Phi) is 6.11. The Morgan fingerprint density at radius 2 is 1.97 bits per heavy atom. The van der Waals surface area contributed by atoms with Crippen molar-refractivity contribution in [1.82, 2.24) is 20.1 Å². The molecular weight excluding hydrogens is 404 g/mol. The monoisotopic (exact) mass is 427 g/mol. The topological polar surface area (TPSA) is 81.1 Å². The van der Waals surface area contributed by atoms with Crippen LogP contribution in [0.1, 0.15) is 32.1 Å². The molecule has 0 radical (unpaired) electrons. The van der Waals surface area contributed by atoms with E-state index in [0.717, 1.165) is 37.7 Å². The van der Waals surface area contributed by atoms with Crippen molar-refractivity contribution in [3.05, 3.63) is 54.5 Å². The highest BCUT2D eigenvalue weighted by Gasteiger charge is 2.19. The van der Waals surface area contributed by atoms with Crippen molar-refractivity contribution in [2.45, 2.75) is 38.1 Å². The summed E-state index contributed by atoms with van der Waals surface area (Å²) < 4.78 is 36.3. The van der Waals surface area contributed by atoms with Gasteiger partial charge in [-0.15, -0.1) is 0 Å². The van der Waals surface area contributed by atoms with Crippen LogP contribution in [0, 0.1) is 11.6 Å². The number of hydrogen-bond donors (Lipinski definition) is 2. The number of carbonyl (C=O) groups is 1. The Morgan fingerprint density at radius 3 is 2.71 bits per heavy atom. The second-order valence-corrected chi connectivity index (χ2v) is 7.55.